The van der Waals surface area contributed by atoms with Crippen molar-refractivity contribution >= 4 is 77.2 Å². The number of rotatable bonds is 8. The summed E-state index contributed by atoms with van der Waals surface area (Å²) in [6, 6.07) is 0. The summed E-state index contributed by atoms with van der Waals surface area (Å²) in [6.45, 7) is -4.30. The van der Waals surface area contributed by atoms with Gasteiger partial charge in [-0.3, -0.25) is 9.13 Å². The number of imidazole rings is 2. The van der Waals surface area contributed by atoms with Crippen LogP contribution in [0.15, 0.2) is 12.7 Å². The first-order valence-electron chi connectivity index (χ1n) is 12.2. The van der Waals surface area contributed by atoms with Crippen LogP contribution in [0.4, 0.5) is 11.9 Å². The van der Waals surface area contributed by atoms with Crippen LogP contribution < -0.4 is 11.5 Å². The van der Waals surface area contributed by atoms with E-state index in [1.54, 1.807) is 9.13 Å². The number of anilines is 2. The van der Waals surface area contributed by atoms with Gasteiger partial charge in [0, 0.05) is 12.8 Å². The molecule has 6 heterocycles. The number of nitrogens with one attached hydrogen (secondary N) is 2. The minimum absolute atomic E-state index is 0.118. The van der Waals surface area contributed by atoms with E-state index < -0.39 is 43.6 Å². The SMILES string of the molecule is Nc1nc2c(ncn2[C@H]2CC(O)[C@@H](COP(O)(=S)OC[C@H]3O[C@@H](n4cnc5c(=S)[nH]c(N)nc54)CC3O)O2)c(=S)[nH]1. The van der Waals surface area contributed by atoms with Gasteiger partial charge in [0.05, 0.1) is 38.1 Å². The van der Waals surface area contributed by atoms with Gasteiger partial charge in [-0.2, -0.15) is 9.97 Å². The van der Waals surface area contributed by atoms with Crippen LogP contribution in [0.25, 0.3) is 22.3 Å². The molecule has 0 amide bonds. The Hall–Kier alpha value is -2.49. The van der Waals surface area contributed by atoms with Gasteiger partial charge in [-0.15, -0.1) is 0 Å². The van der Waals surface area contributed by atoms with Gasteiger partial charge in [-0.05, 0) is 11.8 Å². The van der Waals surface area contributed by atoms with Crippen LogP contribution in [0.1, 0.15) is 25.3 Å². The largest absolute Gasteiger partial charge is 0.390 e. The van der Waals surface area contributed by atoms with E-state index >= 15 is 0 Å². The molecule has 0 spiro atoms. The Bertz CT molecular complexity index is 1650. The average Bonchev–Trinajstić information content (AvgIpc) is 3.67. The standard InChI is InChI=1S/C20H25N10O7PS3/c21-19-25-15-13(17(39)27-19)23-5-29(15)11-1-7(31)9(36-11)3-34-38(33,41)35-4-10-8(32)2-12(37-10)30-6-24-14-16(30)26-20(22)28-18(14)40/h5-12,31-32H,1-4H2,(H,33,41)(H3,21,25,27,39)(H3,22,26,28,40)/t7?,8?,9-,10-,11-,12-,38?/m1/s1. The van der Waals surface area contributed by atoms with Gasteiger partial charge in [0.15, 0.2) is 11.3 Å². The lowest BCUT2D eigenvalue weighted by Crippen LogP contribution is -2.28. The molecule has 2 saturated heterocycles. The van der Waals surface area contributed by atoms with Crippen molar-refractivity contribution in [2.24, 2.45) is 0 Å². The zero-order chi connectivity index (χ0) is 29.1. The number of nitrogens with zero attached hydrogens (tertiary/aromatic N) is 6. The molecule has 17 nitrogen and oxygen atoms in total. The molecule has 220 valence electrons. The topological polar surface area (TPSA) is 243 Å². The summed E-state index contributed by atoms with van der Waals surface area (Å²) in [6.07, 6.45) is -1.44. The van der Waals surface area contributed by atoms with Crippen LogP contribution in [0.5, 0.6) is 0 Å². The number of nitrogen functional groups attached to an aromatic ring is 2. The van der Waals surface area contributed by atoms with Gasteiger partial charge in [-0.1, -0.05) is 24.4 Å². The number of aromatic nitrogens is 8. The second-order valence-corrected chi connectivity index (χ2v) is 13.1. The molecule has 4 aromatic heterocycles. The molecule has 2 aliphatic heterocycles. The second kappa shape index (κ2) is 11.0. The van der Waals surface area contributed by atoms with E-state index in [4.69, 9.17) is 66.2 Å². The molecule has 21 heteroatoms. The van der Waals surface area contributed by atoms with Gasteiger partial charge in [0.1, 0.15) is 45.0 Å². The van der Waals surface area contributed by atoms with Gasteiger partial charge in [-0.25, -0.2) is 9.97 Å². The fourth-order valence-electron chi connectivity index (χ4n) is 4.75. The molecule has 0 saturated carbocycles. The smallest absolute Gasteiger partial charge is 0.324 e. The first-order chi connectivity index (χ1) is 19.5. The summed E-state index contributed by atoms with van der Waals surface area (Å²) in [4.78, 5) is 33.0. The van der Waals surface area contributed by atoms with E-state index in [9.17, 15) is 15.1 Å². The van der Waals surface area contributed by atoms with Crippen molar-refractivity contribution in [1.82, 2.24) is 39.0 Å². The first-order valence-corrected chi connectivity index (χ1v) is 15.6. The molecule has 2 fully saturated rings. The number of aliphatic hydroxyl groups excluding tert-OH is 2. The number of hydrogen-bond donors (Lipinski definition) is 7. The van der Waals surface area contributed by atoms with Crippen LogP contribution in [0.2, 0.25) is 0 Å². The molecule has 0 bridgehead atoms. The Kier molecular flexibility index (Phi) is 7.66. The van der Waals surface area contributed by atoms with Gasteiger partial charge in [0.25, 0.3) is 0 Å². The Labute approximate surface area is 245 Å². The van der Waals surface area contributed by atoms with Crippen LogP contribution in [-0.4, -0.2) is 91.8 Å². The maximum absolute atomic E-state index is 10.6. The van der Waals surface area contributed by atoms with Crippen LogP contribution >= 0.6 is 31.2 Å². The summed E-state index contributed by atoms with van der Waals surface area (Å²) in [5.41, 5.74) is 13.2. The van der Waals surface area contributed by atoms with Crippen molar-refractivity contribution in [2.75, 3.05) is 24.7 Å². The molecular formula is C20H25N10O7PS3. The maximum Gasteiger partial charge on any atom is 0.324 e. The number of ether oxygens (including phenoxy) is 2. The van der Waals surface area contributed by atoms with Crippen LogP contribution in [-0.2, 0) is 30.3 Å². The highest BCUT2D eigenvalue weighted by Gasteiger charge is 2.39. The van der Waals surface area contributed by atoms with Gasteiger partial charge in [0.2, 0.25) is 11.9 Å². The van der Waals surface area contributed by atoms with E-state index in [0.29, 0.717) is 31.6 Å². The minimum Gasteiger partial charge on any atom is -0.390 e. The molecule has 0 aliphatic carbocycles. The maximum atomic E-state index is 10.6. The normalized spacial score (nSPS) is 28.1. The molecule has 0 radical (unpaired) electrons. The van der Waals surface area contributed by atoms with Crippen LogP contribution in [0, 0.1) is 9.28 Å². The minimum atomic E-state index is -3.80. The summed E-state index contributed by atoms with van der Waals surface area (Å²) in [7, 11) is 0. The van der Waals surface area contributed by atoms with Crippen molar-refractivity contribution < 1.29 is 33.6 Å². The average molecular weight is 645 g/mol. The molecule has 6 rings (SSSR count). The van der Waals surface area contributed by atoms with E-state index in [1.165, 1.54) is 12.7 Å². The molecule has 0 aromatic carbocycles. The molecular weight excluding hydrogens is 619 g/mol. The first kappa shape index (κ1) is 28.6. The number of aliphatic hydroxyl groups is 2. The number of aromatic amines is 2. The fourth-order valence-corrected chi connectivity index (χ4v) is 6.36. The number of fused-ring (bicyclic) bond motifs is 2. The third-order valence-corrected chi connectivity index (χ3v) is 8.91. The van der Waals surface area contributed by atoms with E-state index in [-0.39, 0.29) is 38.0 Å². The number of hydrogen-bond acceptors (Lipinski definition) is 15. The highest BCUT2D eigenvalue weighted by atomic mass is 32.5. The molecule has 41 heavy (non-hydrogen) atoms. The zero-order valence-corrected chi connectivity index (χ0v) is 24.3. The fraction of sp³-hybridized carbons (Fsp3) is 0.500. The molecule has 2 aliphatic rings. The summed E-state index contributed by atoms with van der Waals surface area (Å²) in [5.74, 6) is 0.236. The molecule has 6 atom stereocenters. The molecule has 2 unspecified atom stereocenters. The number of nitrogens with two attached hydrogens (primary N) is 2. The molecule has 4 aromatic rings. The Morgan fingerprint density at radius 3 is 1.71 bits per heavy atom. The summed E-state index contributed by atoms with van der Waals surface area (Å²) >= 11 is 15.6. The van der Waals surface area contributed by atoms with Crippen LogP contribution in [0.3, 0.4) is 0 Å². The predicted octanol–water partition coefficient (Wildman–Crippen LogP) is 0.703. The van der Waals surface area contributed by atoms with Crippen molar-refractivity contribution in [3.05, 3.63) is 21.9 Å². The lowest BCUT2D eigenvalue weighted by atomic mass is 10.2. The van der Waals surface area contributed by atoms with Gasteiger partial charge >= 0.3 is 6.72 Å². The lowest BCUT2D eigenvalue weighted by molar-refractivity contribution is -0.0512. The van der Waals surface area contributed by atoms with E-state index in [2.05, 4.69) is 29.9 Å². The molecule has 9 N–H and O–H groups in total. The van der Waals surface area contributed by atoms with Crippen molar-refractivity contribution in [3.8, 4) is 0 Å². The Balaban J connectivity index is 1.05. The number of H-pyrrole nitrogens is 2. The predicted molar refractivity (Wildman–Crippen MR) is 152 cm³/mol. The van der Waals surface area contributed by atoms with Crippen molar-refractivity contribution in [2.45, 2.75) is 49.7 Å². The summed E-state index contributed by atoms with van der Waals surface area (Å²) < 4.78 is 26.7. The van der Waals surface area contributed by atoms with Gasteiger partial charge < -0.3 is 55.1 Å². The lowest BCUT2D eigenvalue weighted by Gasteiger charge is -2.22. The van der Waals surface area contributed by atoms with E-state index in [0.717, 1.165) is 0 Å². The monoisotopic (exact) mass is 644 g/mol. The van der Waals surface area contributed by atoms with Crippen molar-refractivity contribution in [1.29, 1.82) is 0 Å². The highest BCUT2D eigenvalue weighted by molar-refractivity contribution is 8.07. The Morgan fingerprint density at radius 1 is 0.878 bits per heavy atom. The summed E-state index contributed by atoms with van der Waals surface area (Å²) in [5, 5.41) is 21.1. The third kappa shape index (κ3) is 5.65. The van der Waals surface area contributed by atoms with E-state index in [1.807, 2.05) is 0 Å². The Morgan fingerprint density at radius 2 is 1.29 bits per heavy atom. The third-order valence-electron chi connectivity index (χ3n) is 6.73. The zero-order valence-electron chi connectivity index (χ0n) is 20.9. The van der Waals surface area contributed by atoms with Crippen molar-refractivity contribution in [3.63, 3.8) is 0 Å². The second-order valence-electron chi connectivity index (χ2n) is 9.47. The highest BCUT2D eigenvalue weighted by Crippen LogP contribution is 2.46. The quantitative estimate of drug-likeness (QED) is 0.103.